The molecule has 0 radical (unpaired) electrons. The van der Waals surface area contributed by atoms with Gasteiger partial charge >= 0.3 is 0 Å². The molecule has 0 aromatic carbocycles. The molecule has 0 aliphatic rings. The molecular formula is C5H14ClNO3S. The fraction of sp³-hybridized carbons (Fsp3) is 1.00. The summed E-state index contributed by atoms with van der Waals surface area (Å²) in [6.07, 6.45) is 0.796. The number of nitrogens with two attached hydrogens (primary N) is 1. The van der Waals surface area contributed by atoms with Gasteiger partial charge in [-0.1, -0.05) is 0 Å². The van der Waals surface area contributed by atoms with Crippen molar-refractivity contribution in [3.8, 4) is 0 Å². The van der Waals surface area contributed by atoms with Crippen LogP contribution in [0.2, 0.25) is 0 Å². The van der Waals surface area contributed by atoms with E-state index in [0.717, 1.165) is 6.26 Å². The van der Waals surface area contributed by atoms with Crippen molar-refractivity contribution < 1.29 is 13.2 Å². The number of hydrogen-bond acceptors (Lipinski definition) is 4. The van der Waals surface area contributed by atoms with E-state index in [-0.39, 0.29) is 30.8 Å². The second-order valence-electron chi connectivity index (χ2n) is 2.19. The normalized spacial score (nSPS) is 13.7. The third-order valence-electron chi connectivity index (χ3n) is 1.08. The number of rotatable bonds is 4. The summed E-state index contributed by atoms with van der Waals surface area (Å²) in [5.41, 5.74) is 5.20. The predicted molar refractivity (Wildman–Crippen MR) is 46.8 cm³/mol. The van der Waals surface area contributed by atoms with Gasteiger partial charge in [-0.2, -0.15) is 0 Å². The molecule has 2 N–H and O–H groups in total. The van der Waals surface area contributed by atoms with Crippen LogP contribution in [-0.4, -0.2) is 40.2 Å². The largest absolute Gasteiger partial charge is 0.379 e. The Balaban J connectivity index is 0. The quantitative estimate of drug-likeness (QED) is 0.664. The van der Waals surface area contributed by atoms with Gasteiger partial charge in [0.05, 0.1) is 11.9 Å². The van der Waals surface area contributed by atoms with Crippen LogP contribution in [0.3, 0.4) is 0 Å². The molecule has 0 fully saturated rings. The van der Waals surface area contributed by atoms with Crippen molar-refractivity contribution in [2.75, 3.05) is 25.7 Å². The fourth-order valence-corrected chi connectivity index (χ4v) is 1.52. The fourth-order valence-electron chi connectivity index (χ4n) is 0.570. The lowest BCUT2D eigenvalue weighted by molar-refractivity contribution is 0.127. The summed E-state index contributed by atoms with van der Waals surface area (Å²) in [7, 11) is -1.51. The zero-order chi connectivity index (χ0) is 8.20. The van der Waals surface area contributed by atoms with E-state index < -0.39 is 9.84 Å². The molecular weight excluding hydrogens is 190 g/mol. The lowest BCUT2D eigenvalue weighted by Crippen LogP contribution is -2.29. The summed E-state index contributed by atoms with van der Waals surface area (Å²) < 4.78 is 26.0. The van der Waals surface area contributed by atoms with Crippen molar-refractivity contribution >= 4 is 22.2 Å². The summed E-state index contributed by atoms with van der Waals surface area (Å²) in [5.74, 6) is 0. The van der Waals surface area contributed by atoms with Crippen molar-refractivity contribution in [2.24, 2.45) is 5.73 Å². The molecule has 0 saturated carbocycles. The molecule has 1 atom stereocenters. The molecule has 0 heterocycles. The van der Waals surface area contributed by atoms with E-state index in [2.05, 4.69) is 0 Å². The van der Waals surface area contributed by atoms with Gasteiger partial charge in [-0.05, 0) is 0 Å². The van der Waals surface area contributed by atoms with Gasteiger partial charge in [-0.3, -0.25) is 0 Å². The van der Waals surface area contributed by atoms with E-state index in [0.29, 0.717) is 0 Å². The summed E-state index contributed by atoms with van der Waals surface area (Å²) >= 11 is 0. The van der Waals surface area contributed by atoms with Crippen LogP contribution in [-0.2, 0) is 14.6 Å². The summed E-state index contributed by atoms with van der Waals surface area (Å²) in [4.78, 5) is 0. The van der Waals surface area contributed by atoms with Gasteiger partial charge in [0, 0.05) is 19.9 Å². The first-order chi connectivity index (χ1) is 4.49. The molecule has 0 amide bonds. The van der Waals surface area contributed by atoms with Crippen LogP contribution in [0.1, 0.15) is 0 Å². The third-order valence-corrected chi connectivity index (χ3v) is 2.06. The molecule has 0 saturated heterocycles. The minimum Gasteiger partial charge on any atom is -0.379 e. The highest BCUT2D eigenvalue weighted by Crippen LogP contribution is 1.92. The average molecular weight is 204 g/mol. The Kier molecular flexibility index (Phi) is 7.20. The molecule has 0 bridgehead atoms. The van der Waals surface area contributed by atoms with Crippen LogP contribution in [0.25, 0.3) is 0 Å². The molecule has 70 valence electrons. The SMILES string of the molecule is COC(CN)CS(C)(=O)=O.Cl. The summed E-state index contributed by atoms with van der Waals surface area (Å²) in [5, 5.41) is 0. The van der Waals surface area contributed by atoms with Crippen molar-refractivity contribution in [1.82, 2.24) is 0 Å². The lowest BCUT2D eigenvalue weighted by Gasteiger charge is -2.09. The zero-order valence-electron chi connectivity index (χ0n) is 6.61. The van der Waals surface area contributed by atoms with Crippen molar-refractivity contribution in [3.05, 3.63) is 0 Å². The molecule has 6 heteroatoms. The average Bonchev–Trinajstić information content (AvgIpc) is 1.81. The second-order valence-corrected chi connectivity index (χ2v) is 4.37. The van der Waals surface area contributed by atoms with E-state index in [9.17, 15) is 8.42 Å². The highest BCUT2D eigenvalue weighted by atomic mass is 35.5. The summed E-state index contributed by atoms with van der Waals surface area (Å²) in [6.45, 7) is 0.240. The van der Waals surface area contributed by atoms with E-state index in [1.165, 1.54) is 7.11 Å². The van der Waals surface area contributed by atoms with Gasteiger partial charge in [0.25, 0.3) is 0 Å². The van der Waals surface area contributed by atoms with Gasteiger partial charge in [0.15, 0.2) is 0 Å². The van der Waals surface area contributed by atoms with Crippen molar-refractivity contribution in [1.29, 1.82) is 0 Å². The molecule has 0 aromatic heterocycles. The van der Waals surface area contributed by atoms with Gasteiger partial charge in [0.1, 0.15) is 9.84 Å². The smallest absolute Gasteiger partial charge is 0.150 e. The van der Waals surface area contributed by atoms with E-state index in [1.54, 1.807) is 0 Å². The van der Waals surface area contributed by atoms with Crippen LogP contribution < -0.4 is 5.73 Å². The Morgan fingerprint density at radius 3 is 2.09 bits per heavy atom. The monoisotopic (exact) mass is 203 g/mol. The molecule has 0 aromatic rings. The van der Waals surface area contributed by atoms with Gasteiger partial charge in [-0.25, -0.2) is 8.42 Å². The topological polar surface area (TPSA) is 69.4 Å². The van der Waals surface area contributed by atoms with Crippen LogP contribution >= 0.6 is 12.4 Å². The molecule has 0 spiro atoms. The number of hydrogen-bond donors (Lipinski definition) is 1. The van der Waals surface area contributed by atoms with Gasteiger partial charge in [0.2, 0.25) is 0 Å². The highest BCUT2D eigenvalue weighted by Gasteiger charge is 2.11. The van der Waals surface area contributed by atoms with Gasteiger partial charge in [-0.15, -0.1) is 12.4 Å². The maximum absolute atomic E-state index is 10.6. The second kappa shape index (κ2) is 5.77. The van der Waals surface area contributed by atoms with E-state index >= 15 is 0 Å². The Bertz CT molecular complexity index is 176. The molecule has 1 unspecified atom stereocenters. The van der Waals surface area contributed by atoms with Gasteiger partial charge < -0.3 is 10.5 Å². The minimum absolute atomic E-state index is 0. The summed E-state index contributed by atoms with van der Waals surface area (Å²) in [6, 6.07) is 0. The maximum Gasteiger partial charge on any atom is 0.150 e. The standard InChI is InChI=1S/C5H13NO3S.ClH/c1-9-5(3-6)4-10(2,7)8;/h5H,3-4,6H2,1-2H3;1H. The van der Waals surface area contributed by atoms with Crippen molar-refractivity contribution in [3.63, 3.8) is 0 Å². The minimum atomic E-state index is -2.95. The maximum atomic E-state index is 10.6. The Morgan fingerprint density at radius 1 is 1.55 bits per heavy atom. The molecule has 0 rings (SSSR count). The van der Waals surface area contributed by atoms with E-state index in [4.69, 9.17) is 10.5 Å². The number of methoxy groups -OCH3 is 1. The number of ether oxygens (including phenoxy) is 1. The Morgan fingerprint density at radius 2 is 2.00 bits per heavy atom. The lowest BCUT2D eigenvalue weighted by atomic mass is 10.4. The van der Waals surface area contributed by atoms with Crippen LogP contribution in [0.15, 0.2) is 0 Å². The zero-order valence-corrected chi connectivity index (χ0v) is 8.24. The predicted octanol–water partition coefficient (Wildman–Crippen LogP) is -0.573. The number of sulfone groups is 1. The van der Waals surface area contributed by atoms with Crippen LogP contribution in [0.5, 0.6) is 0 Å². The first-order valence-electron chi connectivity index (χ1n) is 2.90. The first kappa shape index (κ1) is 13.7. The molecule has 4 nitrogen and oxygen atoms in total. The molecule has 11 heavy (non-hydrogen) atoms. The van der Waals surface area contributed by atoms with E-state index in [1.807, 2.05) is 0 Å². The van der Waals surface area contributed by atoms with Crippen LogP contribution in [0.4, 0.5) is 0 Å². The number of halogens is 1. The highest BCUT2D eigenvalue weighted by molar-refractivity contribution is 7.90. The third kappa shape index (κ3) is 8.06. The first-order valence-corrected chi connectivity index (χ1v) is 4.96. The molecule has 0 aliphatic heterocycles. The Hall–Kier alpha value is 0.160. The van der Waals surface area contributed by atoms with Crippen LogP contribution in [0, 0.1) is 0 Å². The molecule has 0 aliphatic carbocycles. The Labute approximate surface area is 73.4 Å². The van der Waals surface area contributed by atoms with Crippen molar-refractivity contribution in [2.45, 2.75) is 6.10 Å².